The van der Waals surface area contributed by atoms with Gasteiger partial charge in [0.15, 0.2) is 0 Å². The lowest BCUT2D eigenvalue weighted by Crippen LogP contribution is -2.34. The summed E-state index contributed by atoms with van der Waals surface area (Å²) in [6.45, 7) is 3.87. The van der Waals surface area contributed by atoms with Crippen LogP contribution in [0.1, 0.15) is 18.9 Å². The van der Waals surface area contributed by atoms with Gasteiger partial charge in [0.25, 0.3) is 5.69 Å². The summed E-state index contributed by atoms with van der Waals surface area (Å²) in [5.41, 5.74) is 6.75. The molecule has 3 N–H and O–H groups in total. The molecule has 1 fully saturated rings. The number of aliphatic hydroxyl groups excluding tert-OH is 1. The summed E-state index contributed by atoms with van der Waals surface area (Å²) in [5.74, 6) is 0.473. The summed E-state index contributed by atoms with van der Waals surface area (Å²) in [7, 11) is 0. The van der Waals surface area contributed by atoms with Gasteiger partial charge in [0, 0.05) is 18.7 Å². The van der Waals surface area contributed by atoms with Crippen molar-refractivity contribution in [1.82, 2.24) is 4.90 Å². The van der Waals surface area contributed by atoms with Crippen LogP contribution in [0.15, 0.2) is 18.2 Å². The van der Waals surface area contributed by atoms with E-state index in [9.17, 15) is 15.2 Å². The van der Waals surface area contributed by atoms with Crippen LogP contribution in [0, 0.1) is 16.0 Å². The summed E-state index contributed by atoms with van der Waals surface area (Å²) >= 11 is 0. The molecule has 0 saturated carbocycles. The van der Waals surface area contributed by atoms with E-state index in [2.05, 4.69) is 11.8 Å². The summed E-state index contributed by atoms with van der Waals surface area (Å²) < 4.78 is 0. The minimum Gasteiger partial charge on any atom is -0.395 e. The lowest BCUT2D eigenvalue weighted by Gasteiger charge is -2.25. The molecule has 1 saturated heterocycles. The minimum absolute atomic E-state index is 0.0581. The fourth-order valence-corrected chi connectivity index (χ4v) is 2.68. The molecule has 1 aliphatic rings. The Hall–Kier alpha value is -1.66. The molecule has 6 nitrogen and oxygen atoms in total. The van der Waals surface area contributed by atoms with E-state index in [-0.39, 0.29) is 24.0 Å². The van der Waals surface area contributed by atoms with Crippen molar-refractivity contribution in [2.45, 2.75) is 25.9 Å². The number of likely N-dealkylation sites (tertiary alicyclic amines) is 1. The zero-order valence-corrected chi connectivity index (χ0v) is 11.0. The van der Waals surface area contributed by atoms with Crippen molar-refractivity contribution in [3.8, 4) is 0 Å². The molecule has 0 amide bonds. The molecule has 2 rings (SSSR count). The van der Waals surface area contributed by atoms with E-state index in [0.29, 0.717) is 12.5 Å². The number of aliphatic hydroxyl groups is 1. The van der Waals surface area contributed by atoms with Crippen molar-refractivity contribution >= 4 is 11.4 Å². The Kier molecular flexibility index (Phi) is 4.01. The highest BCUT2D eigenvalue weighted by molar-refractivity contribution is 5.59. The van der Waals surface area contributed by atoms with Crippen molar-refractivity contribution in [3.63, 3.8) is 0 Å². The van der Waals surface area contributed by atoms with Crippen molar-refractivity contribution in [3.05, 3.63) is 33.9 Å². The van der Waals surface area contributed by atoms with Crippen molar-refractivity contribution < 1.29 is 10.0 Å². The molecule has 0 spiro atoms. The van der Waals surface area contributed by atoms with Gasteiger partial charge in [-0.3, -0.25) is 15.0 Å². The van der Waals surface area contributed by atoms with Gasteiger partial charge in [-0.05, 0) is 30.5 Å². The summed E-state index contributed by atoms with van der Waals surface area (Å²) in [4.78, 5) is 12.4. The van der Waals surface area contributed by atoms with Gasteiger partial charge in [0.2, 0.25) is 0 Å². The van der Waals surface area contributed by atoms with Crippen LogP contribution in [-0.4, -0.2) is 34.1 Å². The Balaban J connectivity index is 2.12. The van der Waals surface area contributed by atoms with Crippen LogP contribution >= 0.6 is 0 Å². The number of nitrogens with zero attached hydrogens (tertiary/aromatic N) is 2. The third-order valence-electron chi connectivity index (χ3n) is 3.86. The number of nitro groups is 1. The molecule has 2 unspecified atom stereocenters. The quantitative estimate of drug-likeness (QED) is 0.487. The van der Waals surface area contributed by atoms with Gasteiger partial charge in [-0.2, -0.15) is 0 Å². The molecule has 2 atom stereocenters. The van der Waals surface area contributed by atoms with E-state index in [0.717, 1.165) is 18.5 Å². The Morgan fingerprint density at radius 2 is 2.32 bits per heavy atom. The number of nitrogen functional groups attached to an aromatic ring is 1. The molecule has 1 aromatic rings. The van der Waals surface area contributed by atoms with E-state index in [1.807, 2.05) is 0 Å². The van der Waals surface area contributed by atoms with Crippen LogP contribution in [0.2, 0.25) is 0 Å². The highest BCUT2D eigenvalue weighted by atomic mass is 16.6. The third kappa shape index (κ3) is 2.85. The molecule has 1 heterocycles. The molecule has 1 aromatic carbocycles. The van der Waals surface area contributed by atoms with Gasteiger partial charge in [-0.25, -0.2) is 0 Å². The number of nitro benzene ring substituents is 1. The monoisotopic (exact) mass is 265 g/mol. The fraction of sp³-hybridized carbons (Fsp3) is 0.538. The maximum atomic E-state index is 10.7. The summed E-state index contributed by atoms with van der Waals surface area (Å²) in [6, 6.07) is 4.98. The van der Waals surface area contributed by atoms with Crippen molar-refractivity contribution in [1.29, 1.82) is 0 Å². The molecular formula is C13H19N3O3. The average molecular weight is 265 g/mol. The van der Waals surface area contributed by atoms with Crippen LogP contribution < -0.4 is 5.73 Å². The molecule has 0 bridgehead atoms. The third-order valence-corrected chi connectivity index (χ3v) is 3.86. The second kappa shape index (κ2) is 5.54. The molecule has 0 aliphatic carbocycles. The number of nitrogens with two attached hydrogens (primary N) is 1. The molecule has 1 aliphatic heterocycles. The Bertz CT molecular complexity index is 478. The fourth-order valence-electron chi connectivity index (χ4n) is 2.68. The van der Waals surface area contributed by atoms with E-state index in [1.165, 1.54) is 6.07 Å². The molecule has 0 radical (unpaired) electrons. The second-order valence-corrected chi connectivity index (χ2v) is 5.14. The van der Waals surface area contributed by atoms with Crippen LogP contribution in [0.3, 0.4) is 0 Å². The Labute approximate surface area is 112 Å². The summed E-state index contributed by atoms with van der Waals surface area (Å²) in [5, 5.41) is 20.1. The van der Waals surface area contributed by atoms with Gasteiger partial charge < -0.3 is 10.8 Å². The van der Waals surface area contributed by atoms with Gasteiger partial charge in [0.1, 0.15) is 5.69 Å². The van der Waals surface area contributed by atoms with E-state index in [4.69, 9.17) is 5.73 Å². The lowest BCUT2D eigenvalue weighted by atomic mass is 10.0. The molecule has 104 valence electrons. The lowest BCUT2D eigenvalue weighted by molar-refractivity contribution is -0.383. The van der Waals surface area contributed by atoms with Gasteiger partial charge in [0.05, 0.1) is 11.5 Å². The summed E-state index contributed by atoms with van der Waals surface area (Å²) in [6.07, 6.45) is 1.06. The van der Waals surface area contributed by atoms with Crippen LogP contribution in [0.5, 0.6) is 0 Å². The first kappa shape index (κ1) is 13.8. The minimum atomic E-state index is -0.479. The maximum absolute atomic E-state index is 10.7. The first-order chi connectivity index (χ1) is 9.02. The number of rotatable bonds is 4. The SMILES string of the molecule is CC1CCN(Cc2ccc([N+](=O)[O-])c(N)c2)C1CO. The predicted molar refractivity (Wildman–Crippen MR) is 72.6 cm³/mol. The van der Waals surface area contributed by atoms with E-state index < -0.39 is 4.92 Å². The Morgan fingerprint density at radius 1 is 1.58 bits per heavy atom. The second-order valence-electron chi connectivity index (χ2n) is 5.14. The number of hydrogen-bond acceptors (Lipinski definition) is 5. The zero-order valence-electron chi connectivity index (χ0n) is 11.0. The number of anilines is 1. The zero-order chi connectivity index (χ0) is 14.0. The van der Waals surface area contributed by atoms with Gasteiger partial charge >= 0.3 is 0 Å². The number of benzene rings is 1. The largest absolute Gasteiger partial charge is 0.395 e. The van der Waals surface area contributed by atoms with E-state index >= 15 is 0 Å². The topological polar surface area (TPSA) is 92.6 Å². The molecule has 0 aromatic heterocycles. The first-order valence-corrected chi connectivity index (χ1v) is 6.40. The predicted octanol–water partition coefficient (Wildman–Crippen LogP) is 1.38. The molecule has 6 heteroatoms. The number of hydrogen-bond donors (Lipinski definition) is 2. The normalized spacial score (nSPS) is 23.7. The standard InChI is InChI=1S/C13H19N3O3/c1-9-4-5-15(13(9)8-17)7-10-2-3-12(16(18)19)11(14)6-10/h2-3,6,9,13,17H,4-5,7-8,14H2,1H3. The average Bonchev–Trinajstić information content (AvgIpc) is 2.69. The van der Waals surface area contributed by atoms with Crippen LogP contribution in [0.4, 0.5) is 11.4 Å². The van der Waals surface area contributed by atoms with Crippen molar-refractivity contribution in [2.24, 2.45) is 5.92 Å². The van der Waals surface area contributed by atoms with Gasteiger partial charge in [-0.1, -0.05) is 13.0 Å². The highest BCUT2D eigenvalue weighted by Gasteiger charge is 2.30. The van der Waals surface area contributed by atoms with E-state index in [1.54, 1.807) is 12.1 Å². The highest BCUT2D eigenvalue weighted by Crippen LogP contribution is 2.27. The maximum Gasteiger partial charge on any atom is 0.292 e. The molecular weight excluding hydrogens is 246 g/mol. The smallest absolute Gasteiger partial charge is 0.292 e. The van der Waals surface area contributed by atoms with Gasteiger partial charge in [-0.15, -0.1) is 0 Å². The van der Waals surface area contributed by atoms with Crippen LogP contribution in [0.25, 0.3) is 0 Å². The van der Waals surface area contributed by atoms with Crippen molar-refractivity contribution in [2.75, 3.05) is 18.9 Å². The first-order valence-electron chi connectivity index (χ1n) is 6.40. The van der Waals surface area contributed by atoms with Crippen LogP contribution in [-0.2, 0) is 6.54 Å². The molecule has 19 heavy (non-hydrogen) atoms. The Morgan fingerprint density at radius 3 is 2.89 bits per heavy atom.